The maximum absolute atomic E-state index is 13.1. The average molecular weight is 382 g/mol. The summed E-state index contributed by atoms with van der Waals surface area (Å²) in [5.41, 5.74) is 3.85. The van der Waals surface area contributed by atoms with Crippen molar-refractivity contribution in [3.8, 4) is 11.3 Å². The highest BCUT2D eigenvalue weighted by Gasteiger charge is 2.21. The van der Waals surface area contributed by atoms with E-state index in [9.17, 15) is 9.59 Å². The Hall–Kier alpha value is -4.20. The summed E-state index contributed by atoms with van der Waals surface area (Å²) in [5, 5.41) is 5.29. The summed E-state index contributed by atoms with van der Waals surface area (Å²) < 4.78 is 4.71. The van der Waals surface area contributed by atoms with Crippen molar-refractivity contribution in [3.05, 3.63) is 81.5 Å². The molecule has 8 heteroatoms. The molecule has 0 saturated carbocycles. The first-order valence-electron chi connectivity index (χ1n) is 9.11. The van der Waals surface area contributed by atoms with Crippen molar-refractivity contribution >= 4 is 33.4 Å². The Morgan fingerprint density at radius 2 is 1.69 bits per heavy atom. The van der Waals surface area contributed by atoms with E-state index in [1.54, 1.807) is 16.0 Å². The van der Waals surface area contributed by atoms with Gasteiger partial charge in [0, 0.05) is 18.7 Å². The van der Waals surface area contributed by atoms with Crippen LogP contribution in [0, 0.1) is 0 Å². The van der Waals surface area contributed by atoms with Crippen LogP contribution in [0.5, 0.6) is 0 Å². The Bertz CT molecular complexity index is 1700. The van der Waals surface area contributed by atoms with E-state index in [1.807, 2.05) is 54.6 Å². The molecule has 0 fully saturated rings. The lowest BCUT2D eigenvalue weighted by molar-refractivity contribution is 0.811. The first-order valence-corrected chi connectivity index (χ1v) is 9.11. The molecule has 0 atom stereocenters. The topological polar surface area (TPSA) is 89.5 Å². The van der Waals surface area contributed by atoms with E-state index in [1.165, 1.54) is 10.6 Å². The molecule has 0 aliphatic rings. The molecule has 0 aliphatic heterocycles. The number of fused-ring (bicyclic) bond motifs is 7. The Balaban J connectivity index is 1.91. The lowest BCUT2D eigenvalue weighted by atomic mass is 10.1. The molecule has 1 N–H and O–H groups in total. The van der Waals surface area contributed by atoms with Crippen LogP contribution in [-0.4, -0.2) is 28.5 Å². The second-order valence-corrected chi connectivity index (χ2v) is 6.94. The maximum atomic E-state index is 13.1. The molecule has 29 heavy (non-hydrogen) atoms. The van der Waals surface area contributed by atoms with E-state index in [-0.39, 0.29) is 11.2 Å². The summed E-state index contributed by atoms with van der Waals surface area (Å²) in [4.78, 5) is 33.1. The summed E-state index contributed by atoms with van der Waals surface area (Å²) in [6.45, 7) is 0. The van der Waals surface area contributed by atoms with Gasteiger partial charge in [0.1, 0.15) is 11.0 Å². The summed E-state index contributed by atoms with van der Waals surface area (Å²) in [7, 11) is 1.67. The number of para-hydroxylation sites is 2. The third-order valence-corrected chi connectivity index (χ3v) is 5.25. The molecule has 4 aromatic heterocycles. The minimum Gasteiger partial charge on any atom is -0.306 e. The fourth-order valence-corrected chi connectivity index (χ4v) is 3.92. The van der Waals surface area contributed by atoms with E-state index in [2.05, 4.69) is 15.1 Å². The molecule has 8 nitrogen and oxygen atoms in total. The van der Waals surface area contributed by atoms with Gasteiger partial charge in [-0.15, -0.1) is 5.10 Å². The zero-order valence-corrected chi connectivity index (χ0v) is 15.3. The van der Waals surface area contributed by atoms with Crippen LogP contribution in [0.1, 0.15) is 0 Å². The van der Waals surface area contributed by atoms with Crippen molar-refractivity contribution in [3.63, 3.8) is 0 Å². The number of hydrogen-bond acceptors (Lipinski definition) is 4. The van der Waals surface area contributed by atoms with Crippen LogP contribution in [0.15, 0.2) is 70.3 Å². The zero-order chi connectivity index (χ0) is 19.7. The SMILES string of the molecule is Cn1c(=O)n2c3ccccc3nc2c2c1nn1c(-c3ccccc3)cc(=O)[nH]c21. The molecule has 0 amide bonds. The van der Waals surface area contributed by atoms with Crippen LogP contribution in [0.3, 0.4) is 0 Å². The number of aryl methyl sites for hydroxylation is 1. The van der Waals surface area contributed by atoms with Crippen LogP contribution in [0.2, 0.25) is 0 Å². The number of aromatic amines is 1. The number of nitrogens with zero attached hydrogens (tertiary/aromatic N) is 5. The van der Waals surface area contributed by atoms with Gasteiger partial charge in [-0.2, -0.15) is 0 Å². The smallest absolute Gasteiger partial charge is 0.306 e. The molecule has 0 unspecified atom stereocenters. The quantitative estimate of drug-likeness (QED) is 0.473. The average Bonchev–Trinajstić information content (AvgIpc) is 3.31. The lowest BCUT2D eigenvalue weighted by Crippen LogP contribution is -2.24. The van der Waals surface area contributed by atoms with Crippen LogP contribution < -0.4 is 11.2 Å². The van der Waals surface area contributed by atoms with Gasteiger partial charge in [-0.25, -0.2) is 18.7 Å². The molecule has 2 aromatic carbocycles. The number of rotatable bonds is 1. The number of nitrogens with one attached hydrogen (secondary N) is 1. The van der Waals surface area contributed by atoms with Gasteiger partial charge in [-0.1, -0.05) is 42.5 Å². The summed E-state index contributed by atoms with van der Waals surface area (Å²) in [6, 6.07) is 18.5. The molecule has 0 radical (unpaired) electrons. The van der Waals surface area contributed by atoms with Crippen molar-refractivity contribution in [2.24, 2.45) is 7.05 Å². The highest BCUT2D eigenvalue weighted by molar-refractivity contribution is 6.03. The summed E-state index contributed by atoms with van der Waals surface area (Å²) >= 11 is 0. The highest BCUT2D eigenvalue weighted by Crippen LogP contribution is 2.27. The number of benzene rings is 2. The van der Waals surface area contributed by atoms with Crippen LogP contribution in [0.4, 0.5) is 0 Å². The van der Waals surface area contributed by atoms with Crippen LogP contribution in [0.25, 0.3) is 44.6 Å². The Labute approximate surface area is 162 Å². The van der Waals surface area contributed by atoms with Gasteiger partial charge in [-0.05, 0) is 12.1 Å². The number of imidazole rings is 1. The van der Waals surface area contributed by atoms with Gasteiger partial charge in [0.25, 0.3) is 5.56 Å². The van der Waals surface area contributed by atoms with E-state index < -0.39 is 0 Å². The van der Waals surface area contributed by atoms with Crippen molar-refractivity contribution < 1.29 is 0 Å². The van der Waals surface area contributed by atoms with Crippen LogP contribution in [-0.2, 0) is 7.05 Å². The lowest BCUT2D eigenvalue weighted by Gasteiger charge is -2.04. The fourth-order valence-electron chi connectivity index (χ4n) is 3.92. The summed E-state index contributed by atoms with van der Waals surface area (Å²) in [6.07, 6.45) is 0. The van der Waals surface area contributed by atoms with Gasteiger partial charge < -0.3 is 4.98 Å². The normalized spacial score (nSPS) is 11.9. The fraction of sp³-hybridized carbons (Fsp3) is 0.0476. The van der Waals surface area contributed by atoms with E-state index in [0.29, 0.717) is 39.1 Å². The predicted molar refractivity (Wildman–Crippen MR) is 110 cm³/mol. The third-order valence-electron chi connectivity index (χ3n) is 5.25. The number of hydrogen-bond donors (Lipinski definition) is 1. The number of aromatic nitrogens is 6. The van der Waals surface area contributed by atoms with E-state index in [0.717, 1.165) is 5.56 Å². The van der Waals surface area contributed by atoms with Crippen LogP contribution >= 0.6 is 0 Å². The summed E-state index contributed by atoms with van der Waals surface area (Å²) in [5.74, 6) is 0. The Morgan fingerprint density at radius 1 is 0.931 bits per heavy atom. The van der Waals surface area contributed by atoms with Crippen molar-refractivity contribution in [1.29, 1.82) is 0 Å². The second-order valence-electron chi connectivity index (χ2n) is 6.94. The minimum atomic E-state index is -0.249. The second kappa shape index (κ2) is 5.41. The molecule has 6 rings (SSSR count). The molecule has 4 heterocycles. The molecule has 0 spiro atoms. The first-order chi connectivity index (χ1) is 14.1. The Morgan fingerprint density at radius 3 is 2.52 bits per heavy atom. The monoisotopic (exact) mass is 382 g/mol. The predicted octanol–water partition coefficient (Wildman–Crippen LogP) is 2.34. The first kappa shape index (κ1) is 15.8. The van der Waals surface area contributed by atoms with E-state index >= 15 is 0 Å². The van der Waals surface area contributed by atoms with E-state index in [4.69, 9.17) is 0 Å². The highest BCUT2D eigenvalue weighted by atomic mass is 16.1. The molecule has 0 bridgehead atoms. The zero-order valence-electron chi connectivity index (χ0n) is 15.3. The maximum Gasteiger partial charge on any atom is 0.335 e. The standard InChI is InChI=1S/C21H14N6O2/c1-25-20-17(18-22-13-9-5-6-10-14(13)26(18)21(25)29)19-23-16(28)11-15(27(19)24-20)12-7-3-2-4-8-12/h2-11H,1H3,(H,23,28). The molecule has 0 aliphatic carbocycles. The molecule has 0 saturated heterocycles. The van der Waals surface area contributed by atoms with Gasteiger partial charge in [-0.3, -0.25) is 9.36 Å². The van der Waals surface area contributed by atoms with Gasteiger partial charge in [0.05, 0.1) is 16.7 Å². The van der Waals surface area contributed by atoms with Crippen molar-refractivity contribution in [1.82, 2.24) is 28.5 Å². The third kappa shape index (κ3) is 2.02. The molecular weight excluding hydrogens is 368 g/mol. The number of H-pyrrole nitrogens is 1. The molecular formula is C21H14N6O2. The van der Waals surface area contributed by atoms with Gasteiger partial charge in [0.15, 0.2) is 11.3 Å². The van der Waals surface area contributed by atoms with Gasteiger partial charge >= 0.3 is 5.69 Å². The van der Waals surface area contributed by atoms with Gasteiger partial charge in [0.2, 0.25) is 0 Å². The Kier molecular flexibility index (Phi) is 2.95. The molecule has 140 valence electrons. The van der Waals surface area contributed by atoms with Crippen molar-refractivity contribution in [2.75, 3.05) is 0 Å². The largest absolute Gasteiger partial charge is 0.335 e. The van der Waals surface area contributed by atoms with Crippen molar-refractivity contribution in [2.45, 2.75) is 0 Å². The molecule has 6 aromatic rings. The minimum absolute atomic E-state index is 0.242.